The largest absolute Gasteiger partial charge is 0.465 e. The number of esters is 1. The third kappa shape index (κ3) is 4.83. The van der Waals surface area contributed by atoms with Crippen LogP contribution in [-0.2, 0) is 11.2 Å². The second-order valence-electron chi connectivity index (χ2n) is 7.47. The highest BCUT2D eigenvalue weighted by Crippen LogP contribution is 2.31. The molecule has 0 N–H and O–H groups in total. The van der Waals surface area contributed by atoms with Gasteiger partial charge in [-0.15, -0.1) is 0 Å². The van der Waals surface area contributed by atoms with Gasteiger partial charge in [-0.05, 0) is 48.6 Å². The van der Waals surface area contributed by atoms with Crippen molar-refractivity contribution in [3.8, 4) is 0 Å². The van der Waals surface area contributed by atoms with Crippen molar-refractivity contribution in [2.75, 3.05) is 37.5 Å². The molecule has 0 spiro atoms. The van der Waals surface area contributed by atoms with E-state index < -0.39 is 0 Å². The van der Waals surface area contributed by atoms with Crippen molar-refractivity contribution in [1.82, 2.24) is 4.98 Å². The molecular formula is C23H33N3O2. The number of aromatic nitrogens is 1. The smallest absolute Gasteiger partial charge is 0.337 e. The number of carbonyl (C=O) groups is 1. The van der Waals surface area contributed by atoms with Gasteiger partial charge in [-0.3, -0.25) is 0 Å². The Labute approximate surface area is 169 Å². The third-order valence-electron chi connectivity index (χ3n) is 5.34. The van der Waals surface area contributed by atoms with Gasteiger partial charge in [0.05, 0.1) is 12.7 Å². The van der Waals surface area contributed by atoms with Crippen LogP contribution in [0.1, 0.15) is 48.7 Å². The van der Waals surface area contributed by atoms with Crippen LogP contribution in [0.15, 0.2) is 30.5 Å². The van der Waals surface area contributed by atoms with Crippen molar-refractivity contribution in [1.29, 1.82) is 0 Å². The fourth-order valence-corrected chi connectivity index (χ4v) is 3.36. The highest BCUT2D eigenvalue weighted by molar-refractivity contribution is 5.90. The van der Waals surface area contributed by atoms with Crippen molar-refractivity contribution >= 4 is 23.2 Å². The van der Waals surface area contributed by atoms with E-state index in [2.05, 4.69) is 55.6 Å². The highest BCUT2D eigenvalue weighted by atomic mass is 16.5. The number of hydrogen-bond donors (Lipinski definition) is 0. The van der Waals surface area contributed by atoms with E-state index in [-0.39, 0.29) is 5.97 Å². The van der Waals surface area contributed by atoms with E-state index in [1.807, 2.05) is 25.4 Å². The average Bonchev–Trinajstić information content (AvgIpc) is 2.72. The first-order valence-electron chi connectivity index (χ1n) is 9.95. The third-order valence-corrected chi connectivity index (χ3v) is 5.34. The summed E-state index contributed by atoms with van der Waals surface area (Å²) in [6.07, 6.45) is 3.91. The monoisotopic (exact) mass is 383 g/mol. The van der Waals surface area contributed by atoms with Crippen molar-refractivity contribution in [2.24, 2.45) is 5.92 Å². The molecule has 0 saturated heterocycles. The molecule has 0 aliphatic rings. The number of ether oxygens (including phenoxy) is 1. The molecule has 1 unspecified atom stereocenters. The molecule has 0 radical (unpaired) electrons. The van der Waals surface area contributed by atoms with Crippen molar-refractivity contribution in [3.05, 3.63) is 47.2 Å². The molecule has 2 rings (SSSR count). The van der Waals surface area contributed by atoms with Crippen LogP contribution in [0.2, 0.25) is 0 Å². The maximum atomic E-state index is 11.8. The lowest BCUT2D eigenvalue weighted by Crippen LogP contribution is -2.25. The van der Waals surface area contributed by atoms with Crippen LogP contribution in [0, 0.1) is 12.8 Å². The number of hydrogen-bond acceptors (Lipinski definition) is 5. The number of benzene rings is 1. The summed E-state index contributed by atoms with van der Waals surface area (Å²) in [7, 11) is 5.56. The zero-order valence-electron chi connectivity index (χ0n) is 18.2. The van der Waals surface area contributed by atoms with Crippen LogP contribution < -0.4 is 9.80 Å². The fourth-order valence-electron chi connectivity index (χ4n) is 3.36. The maximum absolute atomic E-state index is 11.8. The Morgan fingerprint density at radius 2 is 1.89 bits per heavy atom. The Bertz CT molecular complexity index is 819. The molecule has 5 nitrogen and oxygen atoms in total. The molecular weight excluding hydrogens is 350 g/mol. The van der Waals surface area contributed by atoms with E-state index in [1.54, 1.807) is 6.07 Å². The first kappa shape index (κ1) is 21.7. The Morgan fingerprint density at radius 1 is 1.18 bits per heavy atom. The van der Waals surface area contributed by atoms with E-state index in [0.29, 0.717) is 11.5 Å². The van der Waals surface area contributed by atoms with Crippen LogP contribution in [0.5, 0.6) is 0 Å². The summed E-state index contributed by atoms with van der Waals surface area (Å²) >= 11 is 0. The summed E-state index contributed by atoms with van der Waals surface area (Å²) in [6.45, 7) is 9.69. The minimum Gasteiger partial charge on any atom is -0.465 e. The highest BCUT2D eigenvalue weighted by Gasteiger charge is 2.16. The average molecular weight is 384 g/mol. The van der Waals surface area contributed by atoms with Gasteiger partial charge in [-0.2, -0.15) is 0 Å². The van der Waals surface area contributed by atoms with Gasteiger partial charge in [0, 0.05) is 44.3 Å². The summed E-state index contributed by atoms with van der Waals surface area (Å²) < 4.78 is 4.85. The molecule has 0 aliphatic carbocycles. The van der Waals surface area contributed by atoms with Crippen molar-refractivity contribution in [3.63, 3.8) is 0 Å². The van der Waals surface area contributed by atoms with Gasteiger partial charge in [0.1, 0.15) is 5.82 Å². The molecule has 1 aromatic carbocycles. The number of aryl methyl sites for hydroxylation is 2. The summed E-state index contributed by atoms with van der Waals surface area (Å²) in [5.41, 5.74) is 5.06. The van der Waals surface area contributed by atoms with Crippen LogP contribution in [0.3, 0.4) is 0 Å². The maximum Gasteiger partial charge on any atom is 0.337 e. The van der Waals surface area contributed by atoms with Crippen LogP contribution in [0.25, 0.3) is 0 Å². The molecule has 0 aliphatic heterocycles. The van der Waals surface area contributed by atoms with Crippen LogP contribution in [-0.4, -0.2) is 38.7 Å². The molecule has 0 saturated carbocycles. The molecule has 5 heteroatoms. The number of rotatable bonds is 8. The molecule has 152 valence electrons. The lowest BCUT2D eigenvalue weighted by atomic mass is 10.1. The normalized spacial score (nSPS) is 11.8. The summed E-state index contributed by atoms with van der Waals surface area (Å²) in [5.74, 6) is 1.21. The van der Waals surface area contributed by atoms with Crippen molar-refractivity contribution < 1.29 is 9.53 Å². The number of pyridine rings is 1. The molecule has 1 heterocycles. The van der Waals surface area contributed by atoms with Gasteiger partial charge in [0.15, 0.2) is 0 Å². The summed E-state index contributed by atoms with van der Waals surface area (Å²) in [6, 6.07) is 7.82. The fraction of sp³-hybridized carbons (Fsp3) is 0.478. The minimum absolute atomic E-state index is 0.314. The standard InChI is InChI=1S/C23H33N3O2/c1-8-16(3)15-25(5)21-13-22(24-14-17(21)4)26(6)20-11-10-19(23(27)28-7)12-18(20)9-2/h10-14,16H,8-9,15H2,1-7H3. The molecule has 0 fully saturated rings. The van der Waals surface area contributed by atoms with Gasteiger partial charge >= 0.3 is 5.97 Å². The SMILES string of the molecule is CCc1cc(C(=O)OC)ccc1N(C)c1cc(N(C)CC(C)CC)c(C)cn1. The molecule has 0 amide bonds. The number of nitrogens with zero attached hydrogens (tertiary/aromatic N) is 3. The second kappa shape index (κ2) is 9.58. The van der Waals surface area contributed by atoms with Gasteiger partial charge in [0.2, 0.25) is 0 Å². The predicted molar refractivity (Wildman–Crippen MR) is 117 cm³/mol. The molecule has 2 aromatic rings. The topological polar surface area (TPSA) is 45.7 Å². The lowest BCUT2D eigenvalue weighted by Gasteiger charge is -2.27. The van der Waals surface area contributed by atoms with E-state index in [0.717, 1.165) is 36.5 Å². The number of methoxy groups -OCH3 is 1. The Kier molecular flexibility index (Phi) is 7.44. The van der Waals surface area contributed by atoms with Crippen molar-refractivity contribution in [2.45, 2.75) is 40.5 Å². The molecule has 28 heavy (non-hydrogen) atoms. The summed E-state index contributed by atoms with van der Waals surface area (Å²) in [5, 5.41) is 0. The lowest BCUT2D eigenvalue weighted by molar-refractivity contribution is 0.0600. The van der Waals surface area contributed by atoms with E-state index in [4.69, 9.17) is 4.74 Å². The van der Waals surface area contributed by atoms with Crippen LogP contribution in [0.4, 0.5) is 17.2 Å². The number of carbonyl (C=O) groups excluding carboxylic acids is 1. The Hall–Kier alpha value is -2.56. The number of anilines is 3. The molecule has 1 aromatic heterocycles. The zero-order valence-corrected chi connectivity index (χ0v) is 18.2. The first-order valence-corrected chi connectivity index (χ1v) is 9.95. The van der Waals surface area contributed by atoms with Gasteiger partial charge in [0.25, 0.3) is 0 Å². The summed E-state index contributed by atoms with van der Waals surface area (Å²) in [4.78, 5) is 20.9. The van der Waals surface area contributed by atoms with E-state index in [9.17, 15) is 4.79 Å². The van der Waals surface area contributed by atoms with Gasteiger partial charge in [-0.1, -0.05) is 27.2 Å². The predicted octanol–water partition coefficient (Wildman–Crippen LogP) is 4.99. The molecule has 0 bridgehead atoms. The van der Waals surface area contributed by atoms with Crippen LogP contribution >= 0.6 is 0 Å². The zero-order chi connectivity index (χ0) is 20.8. The molecule has 1 atom stereocenters. The second-order valence-corrected chi connectivity index (χ2v) is 7.47. The van der Waals surface area contributed by atoms with Gasteiger partial charge < -0.3 is 14.5 Å². The Morgan fingerprint density at radius 3 is 2.50 bits per heavy atom. The quantitative estimate of drug-likeness (QED) is 0.601. The van der Waals surface area contributed by atoms with E-state index >= 15 is 0 Å². The first-order chi connectivity index (χ1) is 13.3. The Balaban J connectivity index is 2.37. The minimum atomic E-state index is -0.314. The van der Waals surface area contributed by atoms with E-state index in [1.165, 1.54) is 18.4 Å². The van der Waals surface area contributed by atoms with Gasteiger partial charge in [-0.25, -0.2) is 9.78 Å².